The molecule has 16 heavy (non-hydrogen) atoms. The molecular weight excluding hydrogens is 286 g/mol. The molecule has 1 aromatic rings. The van der Waals surface area contributed by atoms with Crippen molar-refractivity contribution in [1.82, 2.24) is 5.32 Å². The number of rotatable bonds is 5. The van der Waals surface area contributed by atoms with E-state index in [2.05, 4.69) is 35.1 Å². The molecule has 1 amide bonds. The van der Waals surface area contributed by atoms with Gasteiger partial charge in [0.2, 0.25) is 0 Å². The quantitative estimate of drug-likeness (QED) is 0.827. The number of aryl methyl sites for hydroxylation is 1. The minimum atomic E-state index is 0.0466. The Morgan fingerprint density at radius 3 is 2.69 bits per heavy atom. The first-order valence-electron chi connectivity index (χ1n) is 5.56. The maximum absolute atomic E-state index is 11.8. The van der Waals surface area contributed by atoms with Gasteiger partial charge in [-0.2, -0.15) is 0 Å². The molecule has 0 aliphatic rings. The van der Waals surface area contributed by atoms with Crippen LogP contribution in [0, 0.1) is 0 Å². The molecule has 0 bridgehead atoms. The van der Waals surface area contributed by atoms with E-state index in [0.29, 0.717) is 4.83 Å². The predicted molar refractivity (Wildman–Crippen MR) is 73.6 cm³/mol. The van der Waals surface area contributed by atoms with Gasteiger partial charge >= 0.3 is 0 Å². The maximum Gasteiger partial charge on any atom is 0.261 e. The van der Waals surface area contributed by atoms with Crippen LogP contribution in [0.3, 0.4) is 0 Å². The number of hydrogen-bond donors (Lipinski definition) is 1. The van der Waals surface area contributed by atoms with Gasteiger partial charge in [-0.05, 0) is 31.9 Å². The first-order chi connectivity index (χ1) is 7.52. The van der Waals surface area contributed by atoms with Crippen LogP contribution in [-0.4, -0.2) is 16.8 Å². The van der Waals surface area contributed by atoms with E-state index < -0.39 is 0 Å². The van der Waals surface area contributed by atoms with E-state index in [4.69, 9.17) is 0 Å². The Balaban J connectivity index is 2.51. The summed E-state index contributed by atoms with van der Waals surface area (Å²) in [7, 11) is 0. The van der Waals surface area contributed by atoms with Gasteiger partial charge in [0, 0.05) is 15.7 Å². The summed E-state index contributed by atoms with van der Waals surface area (Å²) in [6.45, 7) is 6.22. The molecule has 2 unspecified atom stereocenters. The number of halogens is 1. The van der Waals surface area contributed by atoms with Crippen molar-refractivity contribution in [3.63, 3.8) is 0 Å². The molecule has 0 saturated carbocycles. The minimum Gasteiger partial charge on any atom is -0.349 e. The molecule has 0 saturated heterocycles. The van der Waals surface area contributed by atoms with Crippen LogP contribution in [0.2, 0.25) is 0 Å². The SMILES string of the molecule is CCc1ccc(C(=O)NC(C)CC(C)Br)s1. The van der Waals surface area contributed by atoms with Crippen LogP contribution >= 0.6 is 27.3 Å². The molecule has 4 heteroatoms. The van der Waals surface area contributed by atoms with Crippen LogP contribution < -0.4 is 5.32 Å². The Kier molecular flexibility index (Phi) is 5.49. The summed E-state index contributed by atoms with van der Waals surface area (Å²) in [5, 5.41) is 3.01. The van der Waals surface area contributed by atoms with Crippen LogP contribution in [0.15, 0.2) is 12.1 Å². The summed E-state index contributed by atoms with van der Waals surface area (Å²) < 4.78 is 0. The van der Waals surface area contributed by atoms with E-state index in [1.165, 1.54) is 4.88 Å². The second kappa shape index (κ2) is 6.40. The first-order valence-corrected chi connectivity index (χ1v) is 7.29. The second-order valence-corrected chi connectivity index (χ2v) is 6.74. The Labute approximate surface area is 110 Å². The highest BCUT2D eigenvalue weighted by Crippen LogP contribution is 2.17. The van der Waals surface area contributed by atoms with Crippen molar-refractivity contribution in [2.45, 2.75) is 44.5 Å². The molecule has 0 aliphatic carbocycles. The number of carbonyl (C=O) groups is 1. The molecule has 1 rings (SSSR count). The van der Waals surface area contributed by atoms with E-state index in [1.807, 2.05) is 19.1 Å². The van der Waals surface area contributed by atoms with Crippen LogP contribution in [0.25, 0.3) is 0 Å². The molecule has 2 atom stereocenters. The van der Waals surface area contributed by atoms with Crippen molar-refractivity contribution < 1.29 is 4.79 Å². The summed E-state index contributed by atoms with van der Waals surface area (Å²) in [6, 6.07) is 4.13. The van der Waals surface area contributed by atoms with Crippen molar-refractivity contribution in [1.29, 1.82) is 0 Å². The Morgan fingerprint density at radius 2 is 2.19 bits per heavy atom. The van der Waals surface area contributed by atoms with Crippen molar-refractivity contribution in [2.24, 2.45) is 0 Å². The number of hydrogen-bond acceptors (Lipinski definition) is 2. The zero-order valence-corrected chi connectivity index (χ0v) is 12.3. The average Bonchev–Trinajstić information content (AvgIpc) is 2.64. The van der Waals surface area contributed by atoms with E-state index in [0.717, 1.165) is 17.7 Å². The van der Waals surface area contributed by atoms with Crippen molar-refractivity contribution in [2.75, 3.05) is 0 Å². The lowest BCUT2D eigenvalue weighted by atomic mass is 10.2. The molecule has 0 spiro atoms. The van der Waals surface area contributed by atoms with Crippen LogP contribution in [0.1, 0.15) is 41.7 Å². The fourth-order valence-electron chi connectivity index (χ4n) is 1.53. The monoisotopic (exact) mass is 303 g/mol. The van der Waals surface area contributed by atoms with Gasteiger partial charge in [-0.15, -0.1) is 11.3 Å². The van der Waals surface area contributed by atoms with Gasteiger partial charge in [0.1, 0.15) is 0 Å². The lowest BCUT2D eigenvalue weighted by molar-refractivity contribution is 0.0943. The molecule has 0 aromatic carbocycles. The summed E-state index contributed by atoms with van der Waals surface area (Å²) >= 11 is 5.07. The lowest BCUT2D eigenvalue weighted by Crippen LogP contribution is -2.33. The molecule has 1 N–H and O–H groups in total. The number of nitrogens with one attached hydrogen (secondary N) is 1. The average molecular weight is 304 g/mol. The van der Waals surface area contributed by atoms with E-state index in [9.17, 15) is 4.79 Å². The minimum absolute atomic E-state index is 0.0466. The third-order valence-electron chi connectivity index (χ3n) is 2.29. The third kappa shape index (κ3) is 4.26. The fraction of sp³-hybridized carbons (Fsp3) is 0.583. The van der Waals surface area contributed by atoms with Gasteiger partial charge in [-0.3, -0.25) is 4.79 Å². The van der Waals surface area contributed by atoms with Gasteiger partial charge in [-0.1, -0.05) is 29.8 Å². The highest BCUT2D eigenvalue weighted by atomic mass is 79.9. The van der Waals surface area contributed by atoms with Gasteiger partial charge < -0.3 is 5.32 Å². The van der Waals surface area contributed by atoms with Gasteiger partial charge in [0.05, 0.1) is 4.88 Å². The number of thiophene rings is 1. The van der Waals surface area contributed by atoms with Crippen LogP contribution in [0.4, 0.5) is 0 Å². The smallest absolute Gasteiger partial charge is 0.261 e. The Bertz CT molecular complexity index is 349. The highest BCUT2D eigenvalue weighted by Gasteiger charge is 2.13. The van der Waals surface area contributed by atoms with Crippen molar-refractivity contribution >= 4 is 33.2 Å². The van der Waals surface area contributed by atoms with Gasteiger partial charge in [-0.25, -0.2) is 0 Å². The van der Waals surface area contributed by atoms with E-state index in [-0.39, 0.29) is 11.9 Å². The third-order valence-corrected chi connectivity index (χ3v) is 3.89. The van der Waals surface area contributed by atoms with Gasteiger partial charge in [0.15, 0.2) is 0 Å². The molecule has 1 aromatic heterocycles. The van der Waals surface area contributed by atoms with Gasteiger partial charge in [0.25, 0.3) is 5.91 Å². The van der Waals surface area contributed by atoms with Crippen molar-refractivity contribution in [3.8, 4) is 0 Å². The molecule has 0 fully saturated rings. The summed E-state index contributed by atoms with van der Waals surface area (Å²) in [6.07, 6.45) is 1.93. The largest absolute Gasteiger partial charge is 0.349 e. The lowest BCUT2D eigenvalue weighted by Gasteiger charge is -2.14. The number of carbonyl (C=O) groups excluding carboxylic acids is 1. The summed E-state index contributed by atoms with van der Waals surface area (Å²) in [5.74, 6) is 0.0466. The topological polar surface area (TPSA) is 29.1 Å². The fourth-order valence-corrected chi connectivity index (χ4v) is 2.94. The second-order valence-electron chi connectivity index (χ2n) is 4.01. The Hall–Kier alpha value is -0.350. The molecule has 0 radical (unpaired) electrons. The molecular formula is C12H18BrNOS. The zero-order valence-electron chi connectivity index (χ0n) is 9.92. The molecule has 2 nitrogen and oxygen atoms in total. The molecule has 90 valence electrons. The van der Waals surface area contributed by atoms with Crippen LogP contribution in [-0.2, 0) is 6.42 Å². The normalized spacial score (nSPS) is 14.5. The zero-order chi connectivity index (χ0) is 12.1. The highest BCUT2D eigenvalue weighted by molar-refractivity contribution is 9.09. The first kappa shape index (κ1) is 13.7. The summed E-state index contributed by atoms with van der Waals surface area (Å²) in [4.78, 5) is 14.3. The number of alkyl halides is 1. The molecule has 1 heterocycles. The Morgan fingerprint density at radius 1 is 1.50 bits per heavy atom. The van der Waals surface area contributed by atoms with Crippen LogP contribution in [0.5, 0.6) is 0 Å². The van der Waals surface area contributed by atoms with Crippen molar-refractivity contribution in [3.05, 3.63) is 21.9 Å². The summed E-state index contributed by atoms with van der Waals surface area (Å²) in [5.41, 5.74) is 0. The maximum atomic E-state index is 11.8. The molecule has 0 aliphatic heterocycles. The predicted octanol–water partition coefficient (Wildman–Crippen LogP) is 3.60. The number of amides is 1. The van der Waals surface area contributed by atoms with E-state index in [1.54, 1.807) is 11.3 Å². The standard InChI is InChI=1S/C12H18BrNOS/c1-4-10-5-6-11(16-10)12(15)14-9(3)7-8(2)13/h5-6,8-9H,4,7H2,1-3H3,(H,14,15). The van der Waals surface area contributed by atoms with E-state index >= 15 is 0 Å².